The minimum atomic E-state index is 1.03. The van der Waals surface area contributed by atoms with Crippen molar-refractivity contribution in [1.82, 2.24) is 0 Å². The van der Waals surface area contributed by atoms with Crippen molar-refractivity contribution in [3.8, 4) is 0 Å². The molecule has 121 heavy (non-hydrogen) atoms. The maximum Gasteiger partial charge on any atom is 0.0902 e. The molecule has 0 saturated carbocycles. The van der Waals surface area contributed by atoms with Crippen molar-refractivity contribution in [2.45, 2.75) is 317 Å². The van der Waals surface area contributed by atoms with Crippen LogP contribution in [0.15, 0.2) is 381 Å². The zero-order valence-electron chi connectivity index (χ0n) is 87.4. The van der Waals surface area contributed by atoms with Crippen molar-refractivity contribution >= 4 is 16.8 Å². The summed E-state index contributed by atoms with van der Waals surface area (Å²) in [6.07, 6.45) is 18.7. The van der Waals surface area contributed by atoms with Gasteiger partial charge in [-0.1, -0.05) is 616 Å². The molecular formula is C120H198O. The minimum absolute atomic E-state index is 1.03. The number of aryl methyl sites for hydroxylation is 6. The fourth-order valence-electron chi connectivity index (χ4n) is 7.26. The number of benzene rings is 11. The van der Waals surface area contributed by atoms with Gasteiger partial charge >= 0.3 is 0 Å². The molecule has 1 aromatic heterocycles. The first-order valence-electron chi connectivity index (χ1n) is 47.2. The van der Waals surface area contributed by atoms with Crippen molar-refractivity contribution in [3.63, 3.8) is 0 Å². The van der Waals surface area contributed by atoms with E-state index in [2.05, 4.69) is 269 Å². The second-order valence-electron chi connectivity index (χ2n) is 19.6. The van der Waals surface area contributed by atoms with E-state index >= 15 is 0 Å². The van der Waals surface area contributed by atoms with E-state index in [0.717, 1.165) is 19.3 Å². The van der Waals surface area contributed by atoms with Crippen LogP contribution in [0.4, 0.5) is 0 Å². The smallest absolute Gasteiger partial charge is 0.0902 e. The summed E-state index contributed by atoms with van der Waals surface area (Å²) in [5.74, 6) is 0. The van der Waals surface area contributed by atoms with Crippen LogP contribution in [0.1, 0.15) is 320 Å². The molecule has 0 aliphatic carbocycles. The highest BCUT2D eigenvalue weighted by Crippen LogP contribution is 2.12. The molecule has 0 amide bonds. The second kappa shape index (κ2) is 161. The highest BCUT2D eigenvalue weighted by Gasteiger charge is 1.95. The molecule has 0 saturated heterocycles. The van der Waals surface area contributed by atoms with Gasteiger partial charge in [0.15, 0.2) is 0 Å². The summed E-state index contributed by atoms with van der Waals surface area (Å²) in [6, 6.07) is 114. The van der Waals surface area contributed by atoms with Crippen molar-refractivity contribution in [3.05, 3.63) is 427 Å². The predicted molar refractivity (Wildman–Crippen MR) is 578 cm³/mol. The molecule has 0 radical (unpaired) electrons. The topological polar surface area (TPSA) is 13.1 Å². The number of rotatable bonds is 6. The first-order valence-corrected chi connectivity index (χ1v) is 47.2. The van der Waals surface area contributed by atoms with Gasteiger partial charge in [0, 0.05) is 0 Å². The molecule has 0 fully saturated rings. The lowest BCUT2D eigenvalue weighted by atomic mass is 10.0. The summed E-state index contributed by atoms with van der Waals surface area (Å²) in [5.41, 5.74) is 12.1. The maximum atomic E-state index is 4.58. The number of hydrogen-bond acceptors (Lipinski definition) is 1. The molecule has 0 bridgehead atoms. The van der Waals surface area contributed by atoms with Gasteiger partial charge < -0.3 is 4.42 Å². The van der Waals surface area contributed by atoms with Crippen LogP contribution in [-0.2, 0) is 19.3 Å². The van der Waals surface area contributed by atoms with Crippen LogP contribution in [0.3, 0.4) is 0 Å². The lowest BCUT2D eigenvalue weighted by molar-refractivity contribution is 0.567. The summed E-state index contributed by atoms with van der Waals surface area (Å²) in [4.78, 5) is 0. The Labute approximate surface area is 760 Å². The molecule has 1 nitrogen and oxygen atoms in total. The van der Waals surface area contributed by atoms with Crippen LogP contribution in [0.2, 0.25) is 0 Å². The van der Waals surface area contributed by atoms with E-state index < -0.39 is 0 Å². The van der Waals surface area contributed by atoms with Gasteiger partial charge in [0.25, 0.3) is 0 Å². The summed E-state index contributed by atoms with van der Waals surface area (Å²) in [7, 11) is 0. The number of hydrogen-bond donors (Lipinski definition) is 0. The third-order valence-corrected chi connectivity index (χ3v) is 12.2. The highest BCUT2D eigenvalue weighted by atomic mass is 16.3. The first kappa shape index (κ1) is 149. The van der Waals surface area contributed by atoms with E-state index in [0.29, 0.717) is 0 Å². The molecule has 0 spiro atoms. The molecule has 0 aliphatic heterocycles. The molecule has 1 heteroatoms. The predicted octanol–water partition coefficient (Wildman–Crippen LogP) is 42.2. The molecule has 0 N–H and O–H groups in total. The Morgan fingerprint density at radius 2 is 0.331 bits per heavy atom. The van der Waals surface area contributed by atoms with Crippen LogP contribution in [0.25, 0.3) is 16.8 Å². The van der Waals surface area contributed by atoms with E-state index in [4.69, 9.17) is 0 Å². The highest BCUT2D eigenvalue weighted by molar-refractivity contribution is 5.82. The minimum Gasteiger partial charge on any atom is -0.473 e. The molecule has 0 aliphatic rings. The molecule has 12 aromatic rings. The van der Waals surface area contributed by atoms with Crippen LogP contribution in [0.5, 0.6) is 0 Å². The standard InChI is InChI=1S/C14H14.C13H12.C10H8.C9H10.4C7H8.C4H4O.2C4H8.17C2H6/c1-3-7-13(8-4-1)11-12-14-9-5-2-6-10-14;1-3-7-12(8-4-1)11-13-9-5-2-6-10-13;1-2-6-10-8-4-3-7-9(10)5-1;1-2-6-9-7-4-3-5-8-9;4*1-7-5-3-2-4-6-7;1-2-4-5-3-1;2*1-3-4-2;17*1-2/h1-10H,11-12H2;1-10H,11H2;1-8H;2-8H,1H3;4*2-6H,1H3;1-4H;2*3-4H,1-2H3;17*1-2H3/b;;;6-2+;;;;;;2*4-3+;;;;;;;;;;;;;;;;;. The molecule has 1 heterocycles. The van der Waals surface area contributed by atoms with Gasteiger partial charge in [-0.3, -0.25) is 0 Å². The third kappa shape index (κ3) is 131. The van der Waals surface area contributed by atoms with Gasteiger partial charge in [-0.25, -0.2) is 0 Å². The molecule has 0 unspecified atom stereocenters. The summed E-state index contributed by atoms with van der Waals surface area (Å²) >= 11 is 0. The lowest BCUT2D eigenvalue weighted by Crippen LogP contribution is -1.89. The Morgan fingerprint density at radius 1 is 0.174 bits per heavy atom. The quantitative estimate of drug-likeness (QED) is 0.151. The Balaban J connectivity index is -0.0000000699. The Hall–Kier alpha value is -9.82. The first-order chi connectivity index (χ1) is 59.7. The average molecular weight is 1660 g/mol. The van der Waals surface area contributed by atoms with Crippen LogP contribution in [-0.4, -0.2) is 0 Å². The molecule has 11 aromatic carbocycles. The molecular weight excluding hydrogens is 1460 g/mol. The molecule has 0 atom stereocenters. The summed E-state index contributed by atoms with van der Waals surface area (Å²) in [6.45, 7) is 86.4. The lowest BCUT2D eigenvalue weighted by Gasteiger charge is -2.01. The van der Waals surface area contributed by atoms with Crippen molar-refractivity contribution < 1.29 is 4.42 Å². The zero-order valence-corrected chi connectivity index (χ0v) is 87.4. The Morgan fingerprint density at radius 3 is 0.471 bits per heavy atom. The van der Waals surface area contributed by atoms with E-state index in [-0.39, 0.29) is 0 Å². The third-order valence-electron chi connectivity index (χ3n) is 12.2. The van der Waals surface area contributed by atoms with Gasteiger partial charge in [-0.05, 0) is 132 Å². The van der Waals surface area contributed by atoms with Crippen LogP contribution >= 0.6 is 0 Å². The zero-order chi connectivity index (χ0) is 96.7. The van der Waals surface area contributed by atoms with Crippen molar-refractivity contribution in [2.75, 3.05) is 0 Å². The fourth-order valence-corrected chi connectivity index (χ4v) is 7.26. The Kier molecular flexibility index (Phi) is 199. The van der Waals surface area contributed by atoms with E-state index in [9.17, 15) is 0 Å². The van der Waals surface area contributed by atoms with Gasteiger partial charge in [0.05, 0.1) is 12.5 Å². The van der Waals surface area contributed by atoms with E-state index in [1.807, 2.05) is 404 Å². The summed E-state index contributed by atoms with van der Waals surface area (Å²) < 4.78 is 4.58. The van der Waals surface area contributed by atoms with Crippen LogP contribution < -0.4 is 0 Å². The number of allylic oxidation sites excluding steroid dienone is 5. The monoisotopic (exact) mass is 1660 g/mol. The molecule has 684 valence electrons. The normalized spacial score (nSPS) is 7.63. The Bertz CT molecular complexity index is 3070. The largest absolute Gasteiger partial charge is 0.473 e. The fraction of sp³-hybridized carbons (Fsp3) is 0.383. The van der Waals surface area contributed by atoms with Crippen molar-refractivity contribution in [1.29, 1.82) is 0 Å². The second-order valence-corrected chi connectivity index (χ2v) is 19.6. The van der Waals surface area contributed by atoms with Gasteiger partial charge in [0.2, 0.25) is 0 Å². The van der Waals surface area contributed by atoms with E-state index in [1.54, 1.807) is 12.5 Å². The summed E-state index contributed by atoms with van der Waals surface area (Å²) in [5, 5.41) is 2.62. The maximum absolute atomic E-state index is 4.58. The number of fused-ring (bicyclic) bond motifs is 1. The van der Waals surface area contributed by atoms with Crippen LogP contribution in [0, 0.1) is 27.7 Å². The van der Waals surface area contributed by atoms with Gasteiger partial charge in [-0.2, -0.15) is 0 Å². The van der Waals surface area contributed by atoms with E-state index in [1.165, 1.54) is 60.8 Å². The van der Waals surface area contributed by atoms with Gasteiger partial charge in [0.1, 0.15) is 0 Å². The van der Waals surface area contributed by atoms with Crippen molar-refractivity contribution in [2.24, 2.45) is 0 Å². The SMILES string of the molecule is C/C=C/C.C/C=C/C.C/C=C/c1ccccc1.CC.CC.CC.CC.CC.CC.CC.CC.CC.CC.CC.CC.CC.CC.CC.CC.CC.Cc1ccccc1.Cc1ccccc1.Cc1ccccc1.Cc1ccccc1.c1ccc(CCc2ccccc2)cc1.c1ccc(Cc2ccccc2)cc1.c1ccc2ccccc2c1.c1ccoc1. The average Bonchev–Trinajstić information content (AvgIpc) is 1.05. The van der Waals surface area contributed by atoms with Gasteiger partial charge in [-0.15, -0.1) is 0 Å². The number of furan rings is 1. The molecule has 12 rings (SSSR count).